The summed E-state index contributed by atoms with van der Waals surface area (Å²) in [4.78, 5) is 23.9. The topological polar surface area (TPSA) is 98.7 Å². The highest BCUT2D eigenvalue weighted by Gasteiger charge is 2.21. The lowest BCUT2D eigenvalue weighted by Gasteiger charge is -2.23. The zero-order chi connectivity index (χ0) is 18.0. The number of amides is 2. The third-order valence-corrected chi connectivity index (χ3v) is 4.03. The third-order valence-electron chi connectivity index (χ3n) is 4.03. The Bertz CT molecular complexity index is 372. The van der Waals surface area contributed by atoms with Crippen molar-refractivity contribution in [1.82, 2.24) is 10.6 Å². The molecule has 4 N–H and O–H groups in total. The molecule has 0 radical (unpaired) electrons. The van der Waals surface area contributed by atoms with Crippen LogP contribution in [0, 0.1) is 23.2 Å². The molecule has 136 valence electrons. The van der Waals surface area contributed by atoms with E-state index in [1.54, 1.807) is 0 Å². The van der Waals surface area contributed by atoms with Gasteiger partial charge in [-0.2, -0.15) is 0 Å². The second-order valence-electron chi connectivity index (χ2n) is 7.45. The quantitative estimate of drug-likeness (QED) is 0.453. The van der Waals surface area contributed by atoms with Crippen molar-refractivity contribution in [2.24, 2.45) is 23.2 Å². The fraction of sp³-hybridized carbons (Fsp3) is 0.882. The number of hydrogen-bond acceptors (Lipinski definition) is 4. The second-order valence-corrected chi connectivity index (χ2v) is 7.45. The molecule has 0 saturated carbocycles. The van der Waals surface area contributed by atoms with E-state index in [2.05, 4.69) is 10.6 Å². The fourth-order valence-corrected chi connectivity index (χ4v) is 1.83. The van der Waals surface area contributed by atoms with Crippen LogP contribution >= 0.6 is 0 Å². The molecular formula is C17H34N2O4. The summed E-state index contributed by atoms with van der Waals surface area (Å²) in [6, 6.07) is 0. The Morgan fingerprint density at radius 3 is 1.87 bits per heavy atom. The van der Waals surface area contributed by atoms with Crippen LogP contribution in [0.15, 0.2) is 0 Å². The molecule has 0 aromatic carbocycles. The van der Waals surface area contributed by atoms with Gasteiger partial charge >= 0.3 is 0 Å². The Hall–Kier alpha value is -1.14. The number of nitrogens with one attached hydrogen (secondary N) is 2. The van der Waals surface area contributed by atoms with Crippen LogP contribution in [-0.2, 0) is 9.59 Å². The molecule has 0 aliphatic heterocycles. The largest absolute Gasteiger partial charge is 0.396 e. The number of carbonyl (C=O) groups excluding carboxylic acids is 2. The van der Waals surface area contributed by atoms with E-state index in [-0.39, 0.29) is 48.2 Å². The van der Waals surface area contributed by atoms with Crippen LogP contribution in [0.3, 0.4) is 0 Å². The minimum atomic E-state index is -0.327. The molecule has 0 saturated heterocycles. The zero-order valence-corrected chi connectivity index (χ0v) is 15.2. The summed E-state index contributed by atoms with van der Waals surface area (Å²) in [5.41, 5.74) is -0.327. The summed E-state index contributed by atoms with van der Waals surface area (Å²) < 4.78 is 0. The maximum absolute atomic E-state index is 12.0. The van der Waals surface area contributed by atoms with Crippen LogP contribution in [0.5, 0.6) is 0 Å². The smallest absolute Gasteiger partial charge is 0.222 e. The Labute approximate surface area is 140 Å². The van der Waals surface area contributed by atoms with Crippen LogP contribution < -0.4 is 10.6 Å². The molecule has 0 heterocycles. The molecule has 0 bridgehead atoms. The van der Waals surface area contributed by atoms with Gasteiger partial charge in [0.2, 0.25) is 11.8 Å². The lowest BCUT2D eigenvalue weighted by molar-refractivity contribution is -0.127. The van der Waals surface area contributed by atoms with Gasteiger partial charge in [-0.15, -0.1) is 0 Å². The molecule has 0 aliphatic carbocycles. The number of aliphatic hydroxyl groups is 2. The van der Waals surface area contributed by atoms with E-state index in [0.717, 1.165) is 0 Å². The summed E-state index contributed by atoms with van der Waals surface area (Å²) in [7, 11) is 0. The minimum absolute atomic E-state index is 0.0190. The molecule has 3 atom stereocenters. The van der Waals surface area contributed by atoms with Gasteiger partial charge < -0.3 is 20.8 Å². The van der Waals surface area contributed by atoms with Crippen molar-refractivity contribution in [1.29, 1.82) is 0 Å². The number of aliphatic hydroxyl groups excluding tert-OH is 2. The van der Waals surface area contributed by atoms with Gasteiger partial charge in [-0.05, 0) is 18.8 Å². The number of rotatable bonds is 11. The van der Waals surface area contributed by atoms with E-state index in [9.17, 15) is 14.7 Å². The van der Waals surface area contributed by atoms with Gasteiger partial charge in [-0.3, -0.25) is 9.59 Å². The van der Waals surface area contributed by atoms with Crippen molar-refractivity contribution in [2.75, 3.05) is 26.3 Å². The van der Waals surface area contributed by atoms with E-state index in [1.165, 1.54) is 0 Å². The summed E-state index contributed by atoms with van der Waals surface area (Å²) in [6.45, 7) is 10.3. The Morgan fingerprint density at radius 2 is 1.43 bits per heavy atom. The molecule has 0 fully saturated rings. The van der Waals surface area contributed by atoms with Crippen molar-refractivity contribution in [3.63, 3.8) is 0 Å². The van der Waals surface area contributed by atoms with Crippen molar-refractivity contribution >= 4 is 11.8 Å². The molecule has 3 unspecified atom stereocenters. The van der Waals surface area contributed by atoms with Gasteiger partial charge in [0.25, 0.3) is 0 Å². The molecule has 0 spiro atoms. The molecule has 6 heteroatoms. The van der Waals surface area contributed by atoms with Crippen LogP contribution in [-0.4, -0.2) is 48.3 Å². The van der Waals surface area contributed by atoms with Crippen LogP contribution in [0.25, 0.3) is 0 Å². The van der Waals surface area contributed by atoms with Crippen LogP contribution in [0.2, 0.25) is 0 Å². The highest BCUT2D eigenvalue weighted by molar-refractivity contribution is 5.79. The lowest BCUT2D eigenvalue weighted by atomic mass is 9.93. The molecule has 23 heavy (non-hydrogen) atoms. The fourth-order valence-electron chi connectivity index (χ4n) is 1.83. The average molecular weight is 330 g/mol. The molecule has 0 aromatic heterocycles. The van der Waals surface area contributed by atoms with Gasteiger partial charge in [-0.1, -0.05) is 34.6 Å². The van der Waals surface area contributed by atoms with Gasteiger partial charge in [-0.25, -0.2) is 0 Å². The van der Waals surface area contributed by atoms with E-state index in [0.29, 0.717) is 25.9 Å². The summed E-state index contributed by atoms with van der Waals surface area (Å²) in [5.74, 6) is -0.376. The zero-order valence-electron chi connectivity index (χ0n) is 15.2. The SMILES string of the molecule is CC(CO)CNC(=O)C(C)CCC(C)C(=O)NCC(C)(C)CO. The number of hydrogen-bond donors (Lipinski definition) is 4. The maximum Gasteiger partial charge on any atom is 0.222 e. The molecule has 0 aliphatic rings. The molecule has 2 amide bonds. The Kier molecular flexibility index (Phi) is 10.1. The lowest BCUT2D eigenvalue weighted by Crippen LogP contribution is -2.39. The Morgan fingerprint density at radius 1 is 0.957 bits per heavy atom. The van der Waals surface area contributed by atoms with E-state index < -0.39 is 0 Å². The van der Waals surface area contributed by atoms with Crippen molar-refractivity contribution in [2.45, 2.75) is 47.5 Å². The maximum atomic E-state index is 12.0. The highest BCUT2D eigenvalue weighted by atomic mass is 16.3. The van der Waals surface area contributed by atoms with Gasteiger partial charge in [0, 0.05) is 43.6 Å². The van der Waals surface area contributed by atoms with Crippen LogP contribution in [0.4, 0.5) is 0 Å². The Balaban J connectivity index is 4.09. The van der Waals surface area contributed by atoms with Gasteiger partial charge in [0.05, 0.1) is 0 Å². The van der Waals surface area contributed by atoms with Gasteiger partial charge in [0.15, 0.2) is 0 Å². The molecule has 0 aromatic rings. The van der Waals surface area contributed by atoms with Crippen molar-refractivity contribution in [3.8, 4) is 0 Å². The van der Waals surface area contributed by atoms with Crippen molar-refractivity contribution in [3.05, 3.63) is 0 Å². The first kappa shape index (κ1) is 21.9. The monoisotopic (exact) mass is 330 g/mol. The second kappa shape index (κ2) is 10.6. The normalized spacial score (nSPS) is 15.6. The van der Waals surface area contributed by atoms with Gasteiger partial charge in [0.1, 0.15) is 0 Å². The molecule has 0 rings (SSSR count). The first-order valence-corrected chi connectivity index (χ1v) is 8.40. The predicted octanol–water partition coefficient (Wildman–Crippen LogP) is 0.918. The first-order chi connectivity index (χ1) is 10.6. The predicted molar refractivity (Wildman–Crippen MR) is 90.7 cm³/mol. The van der Waals surface area contributed by atoms with E-state index in [1.807, 2.05) is 34.6 Å². The standard InChI is InChI=1S/C17H34N2O4/c1-12(9-20)8-18-15(22)13(2)6-7-14(3)16(23)19-10-17(4,5)11-21/h12-14,20-21H,6-11H2,1-5H3,(H,18,22)(H,19,23). The third kappa shape index (κ3) is 9.56. The summed E-state index contributed by atoms with van der Waals surface area (Å²) in [5, 5.41) is 23.8. The van der Waals surface area contributed by atoms with Crippen LogP contribution in [0.1, 0.15) is 47.5 Å². The first-order valence-electron chi connectivity index (χ1n) is 8.40. The molecular weight excluding hydrogens is 296 g/mol. The highest BCUT2D eigenvalue weighted by Crippen LogP contribution is 2.15. The minimum Gasteiger partial charge on any atom is -0.396 e. The summed E-state index contributed by atoms with van der Waals surface area (Å²) in [6.07, 6.45) is 1.27. The average Bonchev–Trinajstić information content (AvgIpc) is 2.54. The van der Waals surface area contributed by atoms with E-state index in [4.69, 9.17) is 5.11 Å². The number of carbonyl (C=O) groups is 2. The van der Waals surface area contributed by atoms with Crippen molar-refractivity contribution < 1.29 is 19.8 Å². The summed E-state index contributed by atoms with van der Waals surface area (Å²) >= 11 is 0. The molecule has 6 nitrogen and oxygen atoms in total. The van der Waals surface area contributed by atoms with E-state index >= 15 is 0 Å².